The first kappa shape index (κ1) is 51.5. The van der Waals surface area contributed by atoms with Crippen LogP contribution in [0.15, 0.2) is 24.3 Å². The third kappa shape index (κ3) is 40.0. The normalized spacial score (nSPS) is 13.5. The van der Waals surface area contributed by atoms with Crippen molar-refractivity contribution in [3.8, 4) is 0 Å². The topological polar surface area (TPSA) is 134 Å². The highest BCUT2D eigenvalue weighted by Gasteiger charge is 2.26. The maximum Gasteiger partial charge on any atom is 0.472 e. The summed E-state index contributed by atoms with van der Waals surface area (Å²) in [5.41, 5.74) is 5.35. The Morgan fingerprint density at radius 2 is 0.943 bits per heavy atom. The van der Waals surface area contributed by atoms with Crippen LogP contribution in [0.25, 0.3) is 0 Å². The summed E-state index contributed by atoms with van der Waals surface area (Å²) < 4.78 is 32.8. The van der Waals surface area contributed by atoms with Gasteiger partial charge in [-0.05, 0) is 57.8 Å². The van der Waals surface area contributed by atoms with Crippen molar-refractivity contribution >= 4 is 19.8 Å². The average molecular weight is 772 g/mol. The molecule has 1 unspecified atom stereocenters. The second kappa shape index (κ2) is 40.2. The molecule has 0 aromatic carbocycles. The van der Waals surface area contributed by atoms with E-state index in [0.717, 1.165) is 38.5 Å². The largest absolute Gasteiger partial charge is 0.472 e. The van der Waals surface area contributed by atoms with E-state index in [1.165, 1.54) is 135 Å². The van der Waals surface area contributed by atoms with Crippen LogP contribution in [0.3, 0.4) is 0 Å². The van der Waals surface area contributed by atoms with Crippen LogP contribution in [0.2, 0.25) is 0 Å². The molecule has 0 amide bonds. The van der Waals surface area contributed by atoms with Crippen molar-refractivity contribution in [3.05, 3.63) is 24.3 Å². The fourth-order valence-electron chi connectivity index (χ4n) is 6.02. The summed E-state index contributed by atoms with van der Waals surface area (Å²) in [6, 6.07) is 0. The number of allylic oxidation sites excluding steroid dienone is 4. The lowest BCUT2D eigenvalue weighted by Crippen LogP contribution is -2.29. The molecule has 0 aromatic heterocycles. The van der Waals surface area contributed by atoms with Gasteiger partial charge in [-0.3, -0.25) is 18.6 Å². The Morgan fingerprint density at radius 1 is 0.547 bits per heavy atom. The molecule has 312 valence electrons. The summed E-state index contributed by atoms with van der Waals surface area (Å²) in [6.45, 7) is 3.70. The predicted molar refractivity (Wildman–Crippen MR) is 220 cm³/mol. The quantitative estimate of drug-likeness (QED) is 0.0269. The van der Waals surface area contributed by atoms with E-state index in [1.54, 1.807) is 0 Å². The number of esters is 2. The van der Waals surface area contributed by atoms with Crippen LogP contribution >= 0.6 is 7.82 Å². The SMILES string of the molecule is CCCC/C=C/CCCCCCCCCCCC(=O)OC[C@H](COP(=O)(O)OCCN)OC(=O)CCCCCCCCCCC/C=C/CCCCCC. The lowest BCUT2D eigenvalue weighted by atomic mass is 10.1. The van der Waals surface area contributed by atoms with E-state index in [-0.39, 0.29) is 38.6 Å². The van der Waals surface area contributed by atoms with E-state index in [1.807, 2.05) is 0 Å². The van der Waals surface area contributed by atoms with Gasteiger partial charge in [-0.2, -0.15) is 0 Å². The van der Waals surface area contributed by atoms with Crippen LogP contribution in [0.5, 0.6) is 0 Å². The minimum atomic E-state index is -4.37. The molecular weight excluding hydrogens is 689 g/mol. The van der Waals surface area contributed by atoms with Crippen LogP contribution in [0.4, 0.5) is 0 Å². The van der Waals surface area contributed by atoms with E-state index < -0.39 is 26.5 Å². The predicted octanol–water partition coefficient (Wildman–Crippen LogP) is 12.4. The first-order valence-electron chi connectivity index (χ1n) is 21.8. The van der Waals surface area contributed by atoms with Crippen molar-refractivity contribution < 1.29 is 37.6 Å². The molecule has 0 saturated carbocycles. The summed E-state index contributed by atoms with van der Waals surface area (Å²) in [4.78, 5) is 34.9. The molecule has 53 heavy (non-hydrogen) atoms. The lowest BCUT2D eigenvalue weighted by molar-refractivity contribution is -0.161. The average Bonchev–Trinajstić information content (AvgIpc) is 3.14. The van der Waals surface area contributed by atoms with Crippen molar-refractivity contribution in [2.75, 3.05) is 26.4 Å². The molecule has 0 fully saturated rings. The Labute approximate surface area is 325 Å². The third-order valence-corrected chi connectivity index (χ3v) is 10.3. The zero-order chi connectivity index (χ0) is 38.9. The van der Waals surface area contributed by atoms with Gasteiger partial charge in [0.05, 0.1) is 13.2 Å². The molecule has 0 aliphatic rings. The molecule has 10 heteroatoms. The summed E-state index contributed by atoms with van der Waals surface area (Å²) in [7, 11) is -4.37. The number of carbonyl (C=O) groups excluding carboxylic acids is 2. The molecule has 0 rings (SSSR count). The van der Waals surface area contributed by atoms with Gasteiger partial charge in [0.2, 0.25) is 0 Å². The summed E-state index contributed by atoms with van der Waals surface area (Å²) in [6.07, 6.45) is 42.0. The molecule has 9 nitrogen and oxygen atoms in total. The Bertz CT molecular complexity index is 928. The van der Waals surface area contributed by atoms with Crippen molar-refractivity contribution in [3.63, 3.8) is 0 Å². The summed E-state index contributed by atoms with van der Waals surface area (Å²) in [5, 5.41) is 0. The van der Waals surface area contributed by atoms with Gasteiger partial charge in [-0.15, -0.1) is 0 Å². The number of rotatable bonds is 41. The van der Waals surface area contributed by atoms with E-state index in [2.05, 4.69) is 38.2 Å². The van der Waals surface area contributed by atoms with Gasteiger partial charge >= 0.3 is 19.8 Å². The molecule has 0 spiro atoms. The van der Waals surface area contributed by atoms with E-state index in [4.69, 9.17) is 24.3 Å². The highest BCUT2D eigenvalue weighted by atomic mass is 31.2. The molecule has 2 atom stereocenters. The first-order chi connectivity index (χ1) is 25.8. The van der Waals surface area contributed by atoms with Crippen LogP contribution < -0.4 is 5.73 Å². The van der Waals surface area contributed by atoms with E-state index in [9.17, 15) is 19.0 Å². The number of phosphoric acid groups is 1. The second-order valence-electron chi connectivity index (χ2n) is 14.6. The van der Waals surface area contributed by atoms with Crippen molar-refractivity contribution in [2.24, 2.45) is 5.73 Å². The highest BCUT2D eigenvalue weighted by Crippen LogP contribution is 2.43. The Hall–Kier alpha value is -1.51. The molecule has 0 heterocycles. The number of hydrogen-bond donors (Lipinski definition) is 2. The van der Waals surface area contributed by atoms with Crippen molar-refractivity contribution in [2.45, 2.75) is 213 Å². The maximum absolute atomic E-state index is 12.6. The molecule has 3 N–H and O–H groups in total. The Morgan fingerprint density at radius 3 is 1.40 bits per heavy atom. The Balaban J connectivity index is 4.13. The molecule has 0 bridgehead atoms. The fourth-order valence-corrected chi connectivity index (χ4v) is 6.79. The molecule has 0 radical (unpaired) electrons. The highest BCUT2D eigenvalue weighted by molar-refractivity contribution is 7.47. The summed E-state index contributed by atoms with van der Waals surface area (Å²) in [5.74, 6) is -0.828. The van der Waals surface area contributed by atoms with Gasteiger partial charge in [0.15, 0.2) is 6.10 Å². The third-order valence-electron chi connectivity index (χ3n) is 9.31. The van der Waals surface area contributed by atoms with Crippen LogP contribution in [0, 0.1) is 0 Å². The van der Waals surface area contributed by atoms with E-state index in [0.29, 0.717) is 6.42 Å². The smallest absolute Gasteiger partial charge is 0.462 e. The Kier molecular flexibility index (Phi) is 39.0. The van der Waals surface area contributed by atoms with Gasteiger partial charge in [-0.25, -0.2) is 4.57 Å². The lowest BCUT2D eigenvalue weighted by Gasteiger charge is -2.19. The number of phosphoric ester groups is 1. The van der Waals surface area contributed by atoms with Gasteiger partial charge in [0.25, 0.3) is 0 Å². The number of hydrogen-bond acceptors (Lipinski definition) is 8. The first-order valence-corrected chi connectivity index (χ1v) is 23.3. The number of nitrogens with two attached hydrogens (primary N) is 1. The number of ether oxygens (including phenoxy) is 2. The van der Waals surface area contributed by atoms with Gasteiger partial charge in [-0.1, -0.05) is 160 Å². The zero-order valence-electron chi connectivity index (χ0n) is 34.3. The summed E-state index contributed by atoms with van der Waals surface area (Å²) >= 11 is 0. The van der Waals surface area contributed by atoms with Gasteiger partial charge < -0.3 is 20.1 Å². The van der Waals surface area contributed by atoms with Gasteiger partial charge in [0, 0.05) is 19.4 Å². The van der Waals surface area contributed by atoms with Crippen molar-refractivity contribution in [1.82, 2.24) is 0 Å². The van der Waals surface area contributed by atoms with E-state index >= 15 is 0 Å². The zero-order valence-corrected chi connectivity index (χ0v) is 35.2. The molecule has 0 aliphatic heterocycles. The molecular formula is C43H82NO8P. The maximum atomic E-state index is 12.6. The van der Waals surface area contributed by atoms with Crippen LogP contribution in [0.1, 0.15) is 206 Å². The van der Waals surface area contributed by atoms with Crippen LogP contribution in [-0.4, -0.2) is 49.3 Å². The van der Waals surface area contributed by atoms with Crippen molar-refractivity contribution in [1.29, 1.82) is 0 Å². The number of unbranched alkanes of at least 4 members (excludes halogenated alkanes) is 24. The van der Waals surface area contributed by atoms with Gasteiger partial charge in [0.1, 0.15) is 6.61 Å². The standard InChI is InChI=1S/C43H82NO8P/c1-3-5-7-9-11-13-15-17-19-20-22-24-26-28-30-32-34-36-43(46)52-41(40-51-53(47,48)50-38-37-44)39-49-42(45)35-33-31-29-27-25-23-21-18-16-14-12-10-8-6-4-2/h10,12-13,15,41H,3-9,11,14,16-40,44H2,1-2H3,(H,47,48)/b12-10+,15-13+/t41-/m1/s1. The minimum absolute atomic E-state index is 0.0540. The molecule has 0 saturated heterocycles. The second-order valence-corrected chi connectivity index (χ2v) is 16.0. The fraction of sp³-hybridized carbons (Fsp3) is 0.860. The minimum Gasteiger partial charge on any atom is -0.462 e. The van der Waals surface area contributed by atoms with Crippen LogP contribution in [-0.2, 0) is 32.7 Å². The number of carbonyl (C=O) groups is 2. The molecule has 0 aromatic rings. The molecule has 0 aliphatic carbocycles. The monoisotopic (exact) mass is 772 g/mol.